The van der Waals surface area contributed by atoms with E-state index < -0.39 is 23.3 Å². The van der Waals surface area contributed by atoms with Crippen LogP contribution in [0.3, 0.4) is 0 Å². The van der Waals surface area contributed by atoms with E-state index in [1.807, 2.05) is 6.92 Å². The first-order chi connectivity index (χ1) is 15.3. The summed E-state index contributed by atoms with van der Waals surface area (Å²) in [4.78, 5) is 44.5. The van der Waals surface area contributed by atoms with Crippen LogP contribution in [0.4, 0.5) is 11.4 Å². The van der Waals surface area contributed by atoms with Gasteiger partial charge in [0.1, 0.15) is 5.54 Å². The minimum absolute atomic E-state index is 0.205. The average Bonchev–Trinajstić information content (AvgIpc) is 3.42. The Hall–Kier alpha value is -2.12. The molecular weight excluding hydrogens is 473 g/mol. The normalized spacial score (nSPS) is 30.8. The van der Waals surface area contributed by atoms with Crippen molar-refractivity contribution in [1.82, 2.24) is 4.90 Å². The van der Waals surface area contributed by atoms with Gasteiger partial charge in [-0.3, -0.25) is 19.3 Å². The number of aryl methyl sites for hydroxylation is 1. The fraction of sp³-hybridized carbons (Fsp3) is 0.348. The second-order valence-corrected chi connectivity index (χ2v) is 10.2. The predicted octanol–water partition coefficient (Wildman–Crippen LogP) is 4.39. The molecule has 32 heavy (non-hydrogen) atoms. The highest BCUT2D eigenvalue weighted by atomic mass is 35.5. The van der Waals surface area contributed by atoms with E-state index in [-0.39, 0.29) is 22.9 Å². The summed E-state index contributed by atoms with van der Waals surface area (Å²) >= 11 is 18.8. The first kappa shape index (κ1) is 20.5. The van der Waals surface area contributed by atoms with Crippen molar-refractivity contribution in [2.24, 2.45) is 11.8 Å². The monoisotopic (exact) mass is 489 g/mol. The average molecular weight is 491 g/mol. The van der Waals surface area contributed by atoms with E-state index in [0.717, 1.165) is 23.3 Å². The summed E-state index contributed by atoms with van der Waals surface area (Å²) < 4.78 is 0. The van der Waals surface area contributed by atoms with Crippen molar-refractivity contribution in [3.63, 3.8) is 0 Å². The number of nitrogens with zero attached hydrogens (tertiary/aromatic N) is 2. The molecule has 3 fully saturated rings. The third-order valence-corrected chi connectivity index (χ3v) is 8.17. The van der Waals surface area contributed by atoms with Gasteiger partial charge in [-0.2, -0.15) is 0 Å². The molecule has 2 aromatic carbocycles. The van der Waals surface area contributed by atoms with Gasteiger partial charge in [0.05, 0.1) is 22.5 Å². The SMILES string of the molecule is Cc1cc(Cl)cc2c1NC(=O)[C@]21[C@@H]2C(=O)N(c3ccc(Cl)cc3Cl)C(=O)[C@@H]2[C@@H]2CCCN21. The number of rotatable bonds is 1. The number of fused-ring (bicyclic) bond motifs is 7. The third kappa shape index (κ3) is 2.34. The Morgan fingerprint density at radius 2 is 1.81 bits per heavy atom. The highest BCUT2D eigenvalue weighted by Gasteiger charge is 2.74. The Labute approximate surface area is 199 Å². The molecule has 0 bridgehead atoms. The number of anilines is 2. The molecule has 4 heterocycles. The third-order valence-electron chi connectivity index (χ3n) is 7.41. The maximum Gasteiger partial charge on any atom is 0.250 e. The van der Waals surface area contributed by atoms with Gasteiger partial charge in [-0.1, -0.05) is 34.8 Å². The van der Waals surface area contributed by atoms with Crippen LogP contribution >= 0.6 is 34.8 Å². The Bertz CT molecular complexity index is 1250. The minimum Gasteiger partial charge on any atom is -0.324 e. The van der Waals surface area contributed by atoms with Crippen LogP contribution in [0.1, 0.15) is 24.0 Å². The molecule has 2 aromatic rings. The second-order valence-electron chi connectivity index (χ2n) is 8.88. The highest BCUT2D eigenvalue weighted by molar-refractivity contribution is 6.38. The summed E-state index contributed by atoms with van der Waals surface area (Å²) in [5, 5.41) is 4.11. The molecule has 0 unspecified atom stereocenters. The fourth-order valence-electron chi connectivity index (χ4n) is 6.34. The molecule has 3 saturated heterocycles. The number of hydrogen-bond acceptors (Lipinski definition) is 4. The lowest BCUT2D eigenvalue weighted by atomic mass is 9.75. The highest BCUT2D eigenvalue weighted by Crippen LogP contribution is 2.61. The molecule has 1 N–H and O–H groups in total. The zero-order valence-corrected chi connectivity index (χ0v) is 19.3. The van der Waals surface area contributed by atoms with E-state index in [2.05, 4.69) is 10.2 Å². The topological polar surface area (TPSA) is 69.7 Å². The van der Waals surface area contributed by atoms with Gasteiger partial charge in [0.25, 0.3) is 0 Å². The molecule has 4 aliphatic rings. The van der Waals surface area contributed by atoms with Crippen molar-refractivity contribution < 1.29 is 14.4 Å². The van der Waals surface area contributed by atoms with Gasteiger partial charge >= 0.3 is 0 Å². The molecule has 0 saturated carbocycles. The van der Waals surface area contributed by atoms with E-state index in [1.54, 1.807) is 24.3 Å². The number of carbonyl (C=O) groups excluding carboxylic acids is 3. The lowest BCUT2D eigenvalue weighted by molar-refractivity contribution is -0.135. The number of benzene rings is 2. The molecule has 6 nitrogen and oxygen atoms in total. The smallest absolute Gasteiger partial charge is 0.250 e. The van der Waals surface area contributed by atoms with Crippen molar-refractivity contribution >= 4 is 63.9 Å². The Morgan fingerprint density at radius 3 is 2.56 bits per heavy atom. The number of carbonyl (C=O) groups is 3. The zero-order chi connectivity index (χ0) is 22.5. The van der Waals surface area contributed by atoms with Crippen molar-refractivity contribution in [2.45, 2.75) is 31.3 Å². The van der Waals surface area contributed by atoms with Crippen molar-refractivity contribution in [3.8, 4) is 0 Å². The lowest BCUT2D eigenvalue weighted by Gasteiger charge is -2.36. The van der Waals surface area contributed by atoms with E-state index in [4.69, 9.17) is 34.8 Å². The number of hydrogen-bond donors (Lipinski definition) is 1. The van der Waals surface area contributed by atoms with E-state index in [9.17, 15) is 14.4 Å². The van der Waals surface area contributed by atoms with E-state index >= 15 is 0 Å². The van der Waals surface area contributed by atoms with Gasteiger partial charge in [-0.05, 0) is 62.2 Å². The van der Waals surface area contributed by atoms with Gasteiger partial charge in [0, 0.05) is 27.3 Å². The van der Waals surface area contributed by atoms with Gasteiger partial charge in [-0.25, -0.2) is 4.90 Å². The molecule has 0 aliphatic carbocycles. The standard InChI is InChI=1S/C23H18Cl3N3O3/c1-10-7-12(25)8-13-19(10)27-22(32)23(13)18-17(16-3-2-6-28(16)23)20(30)29(21(18)31)15-5-4-11(24)9-14(15)26/h4-5,7-9,16-18H,2-3,6H2,1H3,(H,27,32)/t16-,17+,18-,23+/m0/s1. The van der Waals surface area contributed by atoms with Crippen LogP contribution < -0.4 is 10.2 Å². The van der Waals surface area contributed by atoms with Gasteiger partial charge in [0.2, 0.25) is 17.7 Å². The molecular formula is C23H18Cl3N3O3. The maximum atomic E-state index is 13.9. The van der Waals surface area contributed by atoms with Gasteiger partial charge in [0.15, 0.2) is 0 Å². The maximum absolute atomic E-state index is 13.9. The summed E-state index contributed by atoms with van der Waals surface area (Å²) in [6.07, 6.45) is 1.59. The zero-order valence-electron chi connectivity index (χ0n) is 17.0. The molecule has 4 atom stereocenters. The second kappa shape index (κ2) is 6.70. The number of nitrogens with one attached hydrogen (secondary N) is 1. The fourth-order valence-corrected chi connectivity index (χ4v) is 7.10. The molecule has 3 amide bonds. The Morgan fingerprint density at radius 1 is 1.03 bits per heavy atom. The summed E-state index contributed by atoms with van der Waals surface area (Å²) in [5.74, 6) is -2.50. The predicted molar refractivity (Wildman–Crippen MR) is 122 cm³/mol. The van der Waals surface area contributed by atoms with Crippen LogP contribution in [-0.4, -0.2) is 35.2 Å². The van der Waals surface area contributed by atoms with Crippen molar-refractivity contribution in [2.75, 3.05) is 16.8 Å². The van der Waals surface area contributed by atoms with Gasteiger partial charge < -0.3 is 5.32 Å². The number of halogens is 3. The molecule has 9 heteroatoms. The number of amides is 3. The molecule has 164 valence electrons. The lowest BCUT2D eigenvalue weighted by Crippen LogP contribution is -2.54. The summed E-state index contributed by atoms with van der Waals surface area (Å²) in [6, 6.07) is 8.01. The summed E-state index contributed by atoms with van der Waals surface area (Å²) in [5.41, 5.74) is 1.20. The molecule has 4 aliphatic heterocycles. The van der Waals surface area contributed by atoms with Crippen LogP contribution in [0.25, 0.3) is 0 Å². The summed E-state index contributed by atoms with van der Waals surface area (Å²) in [7, 11) is 0. The largest absolute Gasteiger partial charge is 0.324 e. The van der Waals surface area contributed by atoms with Crippen molar-refractivity contribution in [1.29, 1.82) is 0 Å². The molecule has 6 rings (SSSR count). The van der Waals surface area contributed by atoms with E-state index in [1.165, 1.54) is 6.07 Å². The Kier molecular flexibility index (Phi) is 4.29. The minimum atomic E-state index is -1.27. The van der Waals surface area contributed by atoms with Crippen LogP contribution in [0.2, 0.25) is 15.1 Å². The molecule has 1 spiro atoms. The van der Waals surface area contributed by atoms with E-state index in [0.29, 0.717) is 33.5 Å². The van der Waals surface area contributed by atoms with Crippen molar-refractivity contribution in [3.05, 3.63) is 56.5 Å². The summed E-state index contributed by atoms with van der Waals surface area (Å²) in [6.45, 7) is 2.51. The van der Waals surface area contributed by atoms with Crippen LogP contribution in [0.5, 0.6) is 0 Å². The van der Waals surface area contributed by atoms with Crippen LogP contribution in [0.15, 0.2) is 30.3 Å². The number of imide groups is 1. The molecule has 0 radical (unpaired) electrons. The first-order valence-corrected chi connectivity index (χ1v) is 11.6. The van der Waals surface area contributed by atoms with Gasteiger partial charge in [-0.15, -0.1) is 0 Å². The van der Waals surface area contributed by atoms with Crippen LogP contribution in [0, 0.1) is 18.8 Å². The Balaban J connectivity index is 1.58. The quantitative estimate of drug-likeness (QED) is 0.602. The first-order valence-electron chi connectivity index (χ1n) is 10.5. The van der Waals surface area contributed by atoms with Crippen LogP contribution in [-0.2, 0) is 19.9 Å². The molecule has 0 aromatic heterocycles.